The van der Waals surface area contributed by atoms with Crippen molar-refractivity contribution in [2.45, 2.75) is 51.7 Å². The number of likely N-dealkylation sites (tertiary alicyclic amines) is 1. The molecule has 1 N–H and O–H groups in total. The van der Waals surface area contributed by atoms with Crippen molar-refractivity contribution in [3.63, 3.8) is 0 Å². The summed E-state index contributed by atoms with van der Waals surface area (Å²) < 4.78 is 5.78. The van der Waals surface area contributed by atoms with Gasteiger partial charge in [0.05, 0.1) is 6.10 Å². The van der Waals surface area contributed by atoms with Crippen LogP contribution in [-0.2, 0) is 4.74 Å². The van der Waals surface area contributed by atoms with Gasteiger partial charge in [-0.2, -0.15) is 0 Å². The Bertz CT molecular complexity index is 593. The zero-order chi connectivity index (χ0) is 17.8. The van der Waals surface area contributed by atoms with Gasteiger partial charge in [0.25, 0.3) is 0 Å². The number of thiocarbonyl (C=S) groups is 1. The second kappa shape index (κ2) is 8.47. The fraction of sp³-hybridized carbons (Fsp3) is 0.650. The first-order chi connectivity index (χ1) is 12.0. The third-order valence-corrected chi connectivity index (χ3v) is 6.10. The zero-order valence-corrected chi connectivity index (χ0v) is 16.6. The van der Waals surface area contributed by atoms with Gasteiger partial charge in [0.15, 0.2) is 5.11 Å². The van der Waals surface area contributed by atoms with Gasteiger partial charge < -0.3 is 19.9 Å². The normalized spacial score (nSPS) is 21.8. The first kappa shape index (κ1) is 18.6. The molecule has 138 valence electrons. The molecule has 2 aliphatic rings. The number of nitrogens with one attached hydrogen (secondary N) is 1. The summed E-state index contributed by atoms with van der Waals surface area (Å²) in [5, 5.41) is 4.30. The summed E-state index contributed by atoms with van der Waals surface area (Å²) in [6.45, 7) is 8.34. The molecule has 25 heavy (non-hydrogen) atoms. The Morgan fingerprint density at radius 3 is 2.72 bits per heavy atom. The van der Waals surface area contributed by atoms with Gasteiger partial charge in [-0.05, 0) is 76.0 Å². The van der Waals surface area contributed by atoms with Gasteiger partial charge in [-0.15, -0.1) is 0 Å². The van der Waals surface area contributed by atoms with E-state index in [4.69, 9.17) is 17.0 Å². The van der Waals surface area contributed by atoms with Gasteiger partial charge in [0.2, 0.25) is 0 Å². The zero-order valence-electron chi connectivity index (χ0n) is 15.8. The van der Waals surface area contributed by atoms with Crippen molar-refractivity contribution >= 4 is 23.0 Å². The minimum absolute atomic E-state index is 0.440. The van der Waals surface area contributed by atoms with E-state index in [1.165, 1.54) is 24.0 Å². The van der Waals surface area contributed by atoms with Crippen molar-refractivity contribution in [3.8, 4) is 0 Å². The van der Waals surface area contributed by atoms with Gasteiger partial charge in [-0.1, -0.05) is 12.1 Å². The lowest BCUT2D eigenvalue weighted by molar-refractivity contribution is 0.0576. The van der Waals surface area contributed by atoms with Crippen molar-refractivity contribution in [2.75, 3.05) is 38.6 Å². The van der Waals surface area contributed by atoms with Gasteiger partial charge in [0.1, 0.15) is 0 Å². The number of aryl methyl sites for hydroxylation is 1. The maximum absolute atomic E-state index is 5.78. The molecular formula is C20H31N3OS. The van der Waals surface area contributed by atoms with E-state index >= 15 is 0 Å². The molecule has 0 aromatic heterocycles. The van der Waals surface area contributed by atoms with Crippen LogP contribution in [0.25, 0.3) is 0 Å². The fourth-order valence-electron chi connectivity index (χ4n) is 3.85. The van der Waals surface area contributed by atoms with E-state index < -0.39 is 0 Å². The van der Waals surface area contributed by atoms with E-state index in [9.17, 15) is 0 Å². The Balaban J connectivity index is 1.48. The molecule has 4 nitrogen and oxygen atoms in total. The summed E-state index contributed by atoms with van der Waals surface area (Å²) in [4.78, 5) is 4.81. The van der Waals surface area contributed by atoms with Gasteiger partial charge in [-0.25, -0.2) is 0 Å². The number of piperidine rings is 1. The van der Waals surface area contributed by atoms with Crippen LogP contribution in [0.15, 0.2) is 18.2 Å². The van der Waals surface area contributed by atoms with Crippen molar-refractivity contribution < 1.29 is 4.74 Å². The van der Waals surface area contributed by atoms with Crippen molar-refractivity contribution in [1.29, 1.82) is 0 Å². The highest BCUT2D eigenvalue weighted by molar-refractivity contribution is 7.80. The number of hydrogen-bond donors (Lipinski definition) is 1. The van der Waals surface area contributed by atoms with E-state index in [1.54, 1.807) is 0 Å². The molecule has 1 aromatic carbocycles. The first-order valence-electron chi connectivity index (χ1n) is 9.48. The van der Waals surface area contributed by atoms with E-state index in [0.29, 0.717) is 12.1 Å². The molecule has 2 aliphatic heterocycles. The molecule has 3 rings (SSSR count). The fourth-order valence-corrected chi connectivity index (χ4v) is 4.14. The highest BCUT2D eigenvalue weighted by atomic mass is 32.1. The quantitative estimate of drug-likeness (QED) is 0.828. The first-order valence-corrected chi connectivity index (χ1v) is 9.89. The maximum atomic E-state index is 5.78. The lowest BCUT2D eigenvalue weighted by atomic mass is 10.0. The Kier molecular flexibility index (Phi) is 6.31. The number of ether oxygens (including phenoxy) is 1. The average Bonchev–Trinajstić information content (AvgIpc) is 3.12. The third kappa shape index (κ3) is 4.72. The summed E-state index contributed by atoms with van der Waals surface area (Å²) in [5.41, 5.74) is 3.70. The molecule has 0 spiro atoms. The summed E-state index contributed by atoms with van der Waals surface area (Å²) >= 11 is 5.66. The second-order valence-corrected chi connectivity index (χ2v) is 7.86. The predicted octanol–water partition coefficient (Wildman–Crippen LogP) is 3.58. The highest BCUT2D eigenvalue weighted by Gasteiger charge is 2.26. The molecule has 0 saturated carbocycles. The van der Waals surface area contributed by atoms with Crippen LogP contribution in [-0.4, -0.2) is 60.3 Å². The van der Waals surface area contributed by atoms with Crippen LogP contribution in [0.5, 0.6) is 0 Å². The standard InChI is InChI=1S/C20H31N3OS/c1-15-6-4-8-19(16(15)2)21-20(25)23-11-9-17(10-12-23)22(3)14-18-7-5-13-24-18/h4,6,8,17-18H,5,7,9-14H2,1-3H3,(H,21,25)/t18-/m1/s1. The Morgan fingerprint density at radius 1 is 1.28 bits per heavy atom. The number of nitrogens with zero attached hydrogens (tertiary/aromatic N) is 2. The predicted molar refractivity (Wildman–Crippen MR) is 108 cm³/mol. The molecule has 0 bridgehead atoms. The molecular weight excluding hydrogens is 330 g/mol. The number of benzene rings is 1. The van der Waals surface area contributed by atoms with Crippen molar-refractivity contribution in [2.24, 2.45) is 0 Å². The van der Waals surface area contributed by atoms with Crippen LogP contribution in [0, 0.1) is 13.8 Å². The largest absolute Gasteiger partial charge is 0.377 e. The maximum Gasteiger partial charge on any atom is 0.173 e. The molecule has 2 fully saturated rings. The SMILES string of the molecule is Cc1cccc(NC(=S)N2CCC(N(C)C[C@H]3CCCO3)CC2)c1C. The van der Waals surface area contributed by atoms with Crippen LogP contribution in [0.2, 0.25) is 0 Å². The van der Waals surface area contributed by atoms with Crippen LogP contribution < -0.4 is 5.32 Å². The Labute approximate surface area is 157 Å². The Morgan fingerprint density at radius 2 is 2.04 bits per heavy atom. The number of likely N-dealkylation sites (N-methyl/N-ethyl adjacent to an activating group) is 1. The van der Waals surface area contributed by atoms with Gasteiger partial charge >= 0.3 is 0 Å². The molecule has 0 unspecified atom stereocenters. The van der Waals surface area contributed by atoms with Crippen LogP contribution in [0.1, 0.15) is 36.8 Å². The van der Waals surface area contributed by atoms with Crippen LogP contribution in [0.4, 0.5) is 5.69 Å². The number of anilines is 1. The molecule has 0 amide bonds. The second-order valence-electron chi connectivity index (χ2n) is 7.47. The summed E-state index contributed by atoms with van der Waals surface area (Å²) in [6, 6.07) is 6.97. The van der Waals surface area contributed by atoms with E-state index in [-0.39, 0.29) is 0 Å². The molecule has 0 aliphatic carbocycles. The smallest absolute Gasteiger partial charge is 0.173 e. The van der Waals surface area contributed by atoms with Crippen LogP contribution >= 0.6 is 12.2 Å². The summed E-state index contributed by atoms with van der Waals surface area (Å²) in [6.07, 6.45) is 5.20. The molecule has 0 radical (unpaired) electrons. The lowest BCUT2D eigenvalue weighted by Gasteiger charge is -2.38. The molecule has 2 saturated heterocycles. The lowest BCUT2D eigenvalue weighted by Crippen LogP contribution is -2.48. The van der Waals surface area contributed by atoms with Gasteiger partial charge in [0, 0.05) is 38.0 Å². The van der Waals surface area contributed by atoms with E-state index in [2.05, 4.69) is 54.2 Å². The molecule has 5 heteroatoms. The number of hydrogen-bond acceptors (Lipinski definition) is 3. The summed E-state index contributed by atoms with van der Waals surface area (Å²) in [7, 11) is 2.24. The minimum Gasteiger partial charge on any atom is -0.377 e. The van der Waals surface area contributed by atoms with E-state index in [1.807, 2.05) is 0 Å². The monoisotopic (exact) mass is 361 g/mol. The summed E-state index contributed by atoms with van der Waals surface area (Å²) in [5.74, 6) is 0. The van der Waals surface area contributed by atoms with Gasteiger partial charge in [-0.3, -0.25) is 0 Å². The minimum atomic E-state index is 0.440. The average molecular weight is 362 g/mol. The third-order valence-electron chi connectivity index (χ3n) is 5.74. The molecule has 1 aromatic rings. The Hall–Kier alpha value is -1.17. The van der Waals surface area contributed by atoms with Crippen molar-refractivity contribution in [1.82, 2.24) is 9.80 Å². The molecule has 1 atom stereocenters. The molecule has 2 heterocycles. The highest BCUT2D eigenvalue weighted by Crippen LogP contribution is 2.22. The topological polar surface area (TPSA) is 27.7 Å². The van der Waals surface area contributed by atoms with Crippen molar-refractivity contribution in [3.05, 3.63) is 29.3 Å². The van der Waals surface area contributed by atoms with Crippen LogP contribution in [0.3, 0.4) is 0 Å². The van der Waals surface area contributed by atoms with E-state index in [0.717, 1.165) is 49.9 Å². The number of rotatable bonds is 4.